The lowest BCUT2D eigenvalue weighted by molar-refractivity contribution is -0.138. The van der Waals surface area contributed by atoms with Gasteiger partial charge in [0.05, 0.1) is 17.9 Å². The predicted octanol–water partition coefficient (Wildman–Crippen LogP) is 3.92. The second kappa shape index (κ2) is 9.25. The molecule has 7 heteroatoms. The van der Waals surface area contributed by atoms with Crippen molar-refractivity contribution in [3.63, 3.8) is 0 Å². The van der Waals surface area contributed by atoms with Crippen LogP contribution in [0.2, 0.25) is 0 Å². The van der Waals surface area contributed by atoms with Gasteiger partial charge in [0.25, 0.3) is 0 Å². The van der Waals surface area contributed by atoms with E-state index in [0.717, 1.165) is 22.3 Å². The Kier molecular flexibility index (Phi) is 6.40. The van der Waals surface area contributed by atoms with Crippen molar-refractivity contribution < 1.29 is 24.2 Å². The molecule has 0 radical (unpaired) electrons. The monoisotopic (exact) mass is 450 g/mol. The van der Waals surface area contributed by atoms with Crippen LogP contribution in [0.15, 0.2) is 48.5 Å². The molecule has 174 valence electrons. The molecule has 0 spiro atoms. The molecule has 1 fully saturated rings. The molecular formula is C26H30N2O5. The number of fused-ring (bicyclic) bond motifs is 3. The molecule has 1 unspecified atom stereocenters. The first-order valence-corrected chi connectivity index (χ1v) is 11.4. The van der Waals surface area contributed by atoms with Gasteiger partial charge in [-0.1, -0.05) is 62.4 Å². The number of hydrogen-bond acceptors (Lipinski definition) is 4. The van der Waals surface area contributed by atoms with Crippen molar-refractivity contribution in [3.8, 4) is 11.1 Å². The summed E-state index contributed by atoms with van der Waals surface area (Å²) in [5.74, 6) is -1.69. The summed E-state index contributed by atoms with van der Waals surface area (Å²) in [6.07, 6.45) is 0.677. The van der Waals surface area contributed by atoms with Crippen molar-refractivity contribution in [1.29, 1.82) is 0 Å². The topological polar surface area (TPSA) is 105 Å². The van der Waals surface area contributed by atoms with E-state index in [9.17, 15) is 14.4 Å². The van der Waals surface area contributed by atoms with Crippen LogP contribution < -0.4 is 10.6 Å². The Bertz CT molecular complexity index is 1010. The van der Waals surface area contributed by atoms with Crippen LogP contribution >= 0.6 is 0 Å². The van der Waals surface area contributed by atoms with E-state index in [-0.39, 0.29) is 37.3 Å². The molecule has 1 atom stereocenters. The van der Waals surface area contributed by atoms with E-state index in [2.05, 4.69) is 34.9 Å². The maximum atomic E-state index is 12.8. The summed E-state index contributed by atoms with van der Waals surface area (Å²) < 4.78 is 5.56. The van der Waals surface area contributed by atoms with Gasteiger partial charge >= 0.3 is 12.1 Å². The summed E-state index contributed by atoms with van der Waals surface area (Å²) in [4.78, 5) is 36.3. The molecular weight excluding hydrogens is 420 g/mol. The van der Waals surface area contributed by atoms with Gasteiger partial charge in [-0.05, 0) is 41.0 Å². The first-order valence-electron chi connectivity index (χ1n) is 11.4. The van der Waals surface area contributed by atoms with E-state index in [1.807, 2.05) is 38.1 Å². The molecule has 2 aliphatic carbocycles. The summed E-state index contributed by atoms with van der Waals surface area (Å²) in [6.45, 7) is 4.14. The second-order valence-electron chi connectivity index (χ2n) is 9.40. The quantitative estimate of drug-likeness (QED) is 0.537. The Morgan fingerprint density at radius 1 is 1.03 bits per heavy atom. The van der Waals surface area contributed by atoms with E-state index in [1.165, 1.54) is 0 Å². The number of rotatable bonds is 9. The fourth-order valence-electron chi connectivity index (χ4n) is 4.61. The van der Waals surface area contributed by atoms with Crippen molar-refractivity contribution in [2.45, 2.75) is 44.6 Å². The summed E-state index contributed by atoms with van der Waals surface area (Å²) in [5.41, 5.74) is 3.96. The van der Waals surface area contributed by atoms with Crippen LogP contribution in [0.4, 0.5) is 4.79 Å². The molecule has 2 aromatic rings. The van der Waals surface area contributed by atoms with Gasteiger partial charge in [-0.3, -0.25) is 9.59 Å². The Balaban J connectivity index is 1.33. The third-order valence-corrected chi connectivity index (χ3v) is 6.68. The van der Waals surface area contributed by atoms with Crippen LogP contribution in [0.5, 0.6) is 0 Å². The number of alkyl carbamates (subject to hydrolysis) is 1. The van der Waals surface area contributed by atoms with Crippen LogP contribution in [0.1, 0.15) is 50.2 Å². The van der Waals surface area contributed by atoms with E-state index >= 15 is 0 Å². The molecule has 1 saturated carbocycles. The highest BCUT2D eigenvalue weighted by molar-refractivity contribution is 5.82. The normalized spacial score (nSPS) is 16.5. The molecule has 33 heavy (non-hydrogen) atoms. The molecule has 2 aliphatic rings. The fourth-order valence-corrected chi connectivity index (χ4v) is 4.61. The van der Waals surface area contributed by atoms with Gasteiger partial charge in [-0.25, -0.2) is 4.79 Å². The molecule has 0 bridgehead atoms. The lowest BCUT2D eigenvalue weighted by Gasteiger charge is -2.24. The van der Waals surface area contributed by atoms with Crippen molar-refractivity contribution >= 4 is 18.0 Å². The Labute approximate surface area is 193 Å². The molecule has 2 amide bonds. The number of carboxylic acids is 1. The lowest BCUT2D eigenvalue weighted by atomic mass is 9.94. The van der Waals surface area contributed by atoms with E-state index < -0.39 is 23.5 Å². The fraction of sp³-hybridized carbons (Fsp3) is 0.423. The Hall–Kier alpha value is -3.35. The van der Waals surface area contributed by atoms with Crippen molar-refractivity contribution in [3.05, 3.63) is 59.7 Å². The summed E-state index contributed by atoms with van der Waals surface area (Å²) in [6, 6.07) is 16.3. The highest BCUT2D eigenvalue weighted by Gasteiger charge is 2.46. The van der Waals surface area contributed by atoms with Gasteiger partial charge in [0, 0.05) is 12.5 Å². The Morgan fingerprint density at radius 3 is 2.12 bits per heavy atom. The lowest BCUT2D eigenvalue weighted by Crippen LogP contribution is -2.47. The predicted molar refractivity (Wildman–Crippen MR) is 124 cm³/mol. The van der Waals surface area contributed by atoms with Gasteiger partial charge in [-0.2, -0.15) is 0 Å². The smallest absolute Gasteiger partial charge is 0.407 e. The van der Waals surface area contributed by atoms with Crippen LogP contribution in [0, 0.1) is 11.8 Å². The number of ether oxygens (including phenoxy) is 1. The summed E-state index contributed by atoms with van der Waals surface area (Å²) in [5, 5.41) is 14.7. The number of carbonyl (C=O) groups is 3. The van der Waals surface area contributed by atoms with E-state index in [1.54, 1.807) is 0 Å². The highest BCUT2D eigenvalue weighted by Crippen LogP contribution is 2.44. The summed E-state index contributed by atoms with van der Waals surface area (Å²) >= 11 is 0. The maximum Gasteiger partial charge on any atom is 0.407 e. The molecule has 3 N–H and O–H groups in total. The van der Waals surface area contributed by atoms with Crippen LogP contribution in [-0.2, 0) is 14.3 Å². The van der Waals surface area contributed by atoms with Crippen LogP contribution in [-0.4, -0.2) is 41.8 Å². The maximum absolute atomic E-state index is 12.8. The number of nitrogens with one attached hydrogen (secondary N) is 2. The molecule has 4 rings (SSSR count). The average Bonchev–Trinajstić information content (AvgIpc) is 3.43. The van der Waals surface area contributed by atoms with Gasteiger partial charge in [0.1, 0.15) is 6.61 Å². The second-order valence-corrected chi connectivity index (χ2v) is 9.40. The molecule has 0 heterocycles. The molecule has 2 aromatic carbocycles. The van der Waals surface area contributed by atoms with Gasteiger partial charge < -0.3 is 20.5 Å². The van der Waals surface area contributed by atoms with Gasteiger partial charge in [0.15, 0.2) is 0 Å². The first-order chi connectivity index (χ1) is 15.8. The number of benzene rings is 2. The molecule has 0 aromatic heterocycles. The minimum atomic E-state index is -0.925. The minimum Gasteiger partial charge on any atom is -0.481 e. The number of carbonyl (C=O) groups excluding carboxylic acids is 2. The van der Waals surface area contributed by atoms with Crippen molar-refractivity contribution in [2.24, 2.45) is 11.8 Å². The zero-order valence-corrected chi connectivity index (χ0v) is 19.0. The van der Waals surface area contributed by atoms with Crippen molar-refractivity contribution in [1.82, 2.24) is 10.6 Å². The van der Waals surface area contributed by atoms with Gasteiger partial charge in [-0.15, -0.1) is 0 Å². The summed E-state index contributed by atoms with van der Waals surface area (Å²) in [7, 11) is 0. The minimum absolute atomic E-state index is 0.0282. The number of amides is 2. The SMILES string of the molecule is CC(C)C(CNC(=O)OCC1c2ccccc2-c2ccccc21)C(=O)NC1(CC(=O)O)CC1. The highest BCUT2D eigenvalue weighted by atomic mass is 16.5. The third-order valence-electron chi connectivity index (χ3n) is 6.68. The van der Waals surface area contributed by atoms with Crippen molar-refractivity contribution in [2.75, 3.05) is 13.2 Å². The first kappa shape index (κ1) is 22.8. The zero-order chi connectivity index (χ0) is 23.6. The third kappa shape index (κ3) is 5.02. The standard InChI is InChI=1S/C26H30N2O5/c1-16(2)21(24(31)28-26(11-12-26)13-23(29)30)14-27-25(32)33-15-22-19-9-5-3-7-17(19)18-8-4-6-10-20(18)22/h3-10,16,21-22H,11-15H2,1-2H3,(H,27,32)(H,28,31)(H,29,30). The van der Waals surface area contributed by atoms with E-state index in [4.69, 9.17) is 9.84 Å². The van der Waals surface area contributed by atoms with Crippen LogP contribution in [0.25, 0.3) is 11.1 Å². The number of aliphatic carboxylic acids is 1. The largest absolute Gasteiger partial charge is 0.481 e. The number of hydrogen-bond donors (Lipinski definition) is 3. The Morgan fingerprint density at radius 2 is 1.61 bits per heavy atom. The van der Waals surface area contributed by atoms with E-state index in [0.29, 0.717) is 12.8 Å². The number of carboxylic acid groups (broad SMARTS) is 1. The zero-order valence-electron chi connectivity index (χ0n) is 19.0. The molecule has 0 aliphatic heterocycles. The van der Waals surface area contributed by atoms with Crippen LogP contribution in [0.3, 0.4) is 0 Å². The van der Waals surface area contributed by atoms with Gasteiger partial charge in [0.2, 0.25) is 5.91 Å². The average molecular weight is 451 g/mol. The molecule has 7 nitrogen and oxygen atoms in total. The molecule has 0 saturated heterocycles.